The minimum absolute atomic E-state index is 0.0571. The van der Waals surface area contributed by atoms with Crippen LogP contribution < -0.4 is 0 Å². The molecule has 0 spiro atoms. The molecule has 9 heteroatoms. The molecule has 0 amide bonds. The zero-order valence-corrected chi connectivity index (χ0v) is 28.3. The number of hydrogen-bond donors (Lipinski definition) is 6. The first kappa shape index (κ1) is 33.8. The van der Waals surface area contributed by atoms with Crippen LogP contribution in [0.3, 0.4) is 0 Å². The standard InChI is InChI=1S/C36H58O9/c1-19-10-15-36(30(42)45-29-27(41)26(40)25(39)21(18-37)44-29)17-16-33(5)20(28(36)35(19,7)43)8-9-23-32(4)13-12-24(38)31(2,3)22(32)11-14-34(23,33)6/h8,19,21-29,37-41,43H,9-18H2,1-7H3/t19-,21-,22+,23-,24+,25-,26+,27-,28-,29+,32+,33-,34-,35-,36+/m0/s1. The normalized spacial score (nSPS) is 55.7. The number of aliphatic hydroxyl groups excluding tert-OH is 5. The van der Waals surface area contributed by atoms with E-state index >= 15 is 0 Å². The summed E-state index contributed by atoms with van der Waals surface area (Å²) >= 11 is 0. The quantitative estimate of drug-likeness (QED) is 0.202. The van der Waals surface area contributed by atoms with E-state index in [4.69, 9.17) is 9.47 Å². The lowest BCUT2D eigenvalue weighted by Gasteiger charge is -2.71. The maximum absolute atomic E-state index is 14.4. The first-order valence-corrected chi connectivity index (χ1v) is 17.5. The first-order chi connectivity index (χ1) is 20.8. The van der Waals surface area contributed by atoms with Gasteiger partial charge in [0.25, 0.3) is 0 Å². The van der Waals surface area contributed by atoms with Crippen LogP contribution in [0.4, 0.5) is 0 Å². The Hall–Kier alpha value is -1.07. The molecule has 15 atom stereocenters. The fourth-order valence-electron chi connectivity index (χ4n) is 12.2. The van der Waals surface area contributed by atoms with Crippen molar-refractivity contribution in [2.45, 2.75) is 149 Å². The topological polar surface area (TPSA) is 157 Å². The second-order valence-electron chi connectivity index (χ2n) is 17.5. The summed E-state index contributed by atoms with van der Waals surface area (Å²) in [5.74, 6) is -0.308. The van der Waals surface area contributed by atoms with Gasteiger partial charge in [-0.15, -0.1) is 0 Å². The van der Waals surface area contributed by atoms with E-state index < -0.39 is 60.2 Å². The van der Waals surface area contributed by atoms with E-state index in [2.05, 4.69) is 40.7 Å². The summed E-state index contributed by atoms with van der Waals surface area (Å²) in [6, 6.07) is 0. The average molecular weight is 635 g/mol. The number of aliphatic hydroxyl groups is 6. The second-order valence-corrected chi connectivity index (χ2v) is 17.5. The predicted molar refractivity (Wildman–Crippen MR) is 166 cm³/mol. The number of fused-ring (bicyclic) bond motifs is 7. The Kier molecular flexibility index (Phi) is 8.05. The molecule has 6 N–H and O–H groups in total. The molecular weight excluding hydrogens is 576 g/mol. The van der Waals surface area contributed by atoms with Crippen LogP contribution in [0.5, 0.6) is 0 Å². The van der Waals surface area contributed by atoms with E-state index in [-0.39, 0.29) is 33.7 Å². The van der Waals surface area contributed by atoms with Crippen LogP contribution in [0, 0.1) is 50.7 Å². The van der Waals surface area contributed by atoms with Gasteiger partial charge in [0.1, 0.15) is 24.4 Å². The van der Waals surface area contributed by atoms with Crippen molar-refractivity contribution in [2.75, 3.05) is 6.61 Å². The Morgan fingerprint density at radius 2 is 1.58 bits per heavy atom. The summed E-state index contributed by atoms with van der Waals surface area (Å²) in [4.78, 5) is 14.4. The van der Waals surface area contributed by atoms with Crippen molar-refractivity contribution in [3.05, 3.63) is 11.6 Å². The van der Waals surface area contributed by atoms with Gasteiger partial charge in [-0.3, -0.25) is 4.79 Å². The summed E-state index contributed by atoms with van der Waals surface area (Å²) in [6.07, 6.45) is 1.59. The highest BCUT2D eigenvalue weighted by atomic mass is 16.7. The molecule has 1 heterocycles. The maximum Gasteiger partial charge on any atom is 0.315 e. The molecule has 45 heavy (non-hydrogen) atoms. The van der Waals surface area contributed by atoms with Gasteiger partial charge in [0.15, 0.2) is 0 Å². The Morgan fingerprint density at radius 1 is 0.889 bits per heavy atom. The molecule has 6 rings (SSSR count). The van der Waals surface area contributed by atoms with Crippen molar-refractivity contribution >= 4 is 5.97 Å². The van der Waals surface area contributed by atoms with Gasteiger partial charge in [0, 0.05) is 5.92 Å². The molecule has 6 aliphatic rings. The van der Waals surface area contributed by atoms with Gasteiger partial charge < -0.3 is 40.1 Å². The summed E-state index contributed by atoms with van der Waals surface area (Å²) in [7, 11) is 0. The molecule has 5 fully saturated rings. The third kappa shape index (κ3) is 4.39. The molecule has 256 valence electrons. The fraction of sp³-hybridized carbons (Fsp3) is 0.917. The van der Waals surface area contributed by atoms with Crippen molar-refractivity contribution in [2.24, 2.45) is 50.7 Å². The third-order valence-electron chi connectivity index (χ3n) is 15.5. The smallest absolute Gasteiger partial charge is 0.315 e. The number of carbonyl (C=O) groups is 1. The zero-order chi connectivity index (χ0) is 33.1. The van der Waals surface area contributed by atoms with Crippen LogP contribution in [0.1, 0.15) is 106 Å². The number of carbonyl (C=O) groups excluding carboxylic acids is 1. The lowest BCUT2D eigenvalue weighted by atomic mass is 9.33. The van der Waals surface area contributed by atoms with Gasteiger partial charge >= 0.3 is 5.97 Å². The Bertz CT molecular complexity index is 1210. The largest absolute Gasteiger partial charge is 0.432 e. The summed E-state index contributed by atoms with van der Waals surface area (Å²) in [6.45, 7) is 15.1. The monoisotopic (exact) mass is 634 g/mol. The Labute approximate surface area is 268 Å². The van der Waals surface area contributed by atoms with Crippen LogP contribution >= 0.6 is 0 Å². The van der Waals surface area contributed by atoms with Gasteiger partial charge in [0.05, 0.1) is 23.7 Å². The van der Waals surface area contributed by atoms with Crippen LogP contribution in [0.15, 0.2) is 11.6 Å². The van der Waals surface area contributed by atoms with Crippen molar-refractivity contribution in [1.82, 2.24) is 0 Å². The fourth-order valence-corrected chi connectivity index (χ4v) is 12.2. The van der Waals surface area contributed by atoms with Gasteiger partial charge in [-0.1, -0.05) is 53.2 Å². The van der Waals surface area contributed by atoms with Crippen LogP contribution in [0.25, 0.3) is 0 Å². The first-order valence-electron chi connectivity index (χ1n) is 17.5. The molecule has 0 bridgehead atoms. The molecule has 1 aliphatic heterocycles. The number of rotatable bonds is 3. The molecule has 9 nitrogen and oxygen atoms in total. The van der Waals surface area contributed by atoms with Crippen molar-refractivity contribution in [3.63, 3.8) is 0 Å². The van der Waals surface area contributed by atoms with Gasteiger partial charge in [-0.2, -0.15) is 0 Å². The summed E-state index contributed by atoms with van der Waals surface area (Å²) in [5.41, 5.74) is -1.51. The average Bonchev–Trinajstić information content (AvgIpc) is 2.97. The van der Waals surface area contributed by atoms with Crippen molar-refractivity contribution in [1.29, 1.82) is 0 Å². The molecule has 1 saturated heterocycles. The third-order valence-corrected chi connectivity index (χ3v) is 15.5. The molecule has 5 aliphatic carbocycles. The van der Waals surface area contributed by atoms with Crippen molar-refractivity contribution < 1.29 is 44.9 Å². The molecule has 0 radical (unpaired) electrons. The van der Waals surface area contributed by atoms with E-state index in [0.717, 1.165) is 44.1 Å². The van der Waals surface area contributed by atoms with Crippen LogP contribution in [0.2, 0.25) is 0 Å². The number of allylic oxidation sites excluding steroid dienone is 1. The van der Waals surface area contributed by atoms with Gasteiger partial charge in [-0.25, -0.2) is 0 Å². The van der Waals surface area contributed by atoms with Crippen LogP contribution in [-0.4, -0.2) is 85.6 Å². The van der Waals surface area contributed by atoms with Gasteiger partial charge in [-0.05, 0) is 104 Å². The Balaban J connectivity index is 1.39. The molecule has 4 saturated carbocycles. The second kappa shape index (κ2) is 10.7. The SMILES string of the molecule is C[C@H]1CC[C@@]2(C(=O)O[C@H]3O[C@@H](CO)[C@H](O)[C@@H](O)[C@@H]3O)CC[C@@]3(C)C(=CC[C@H]4[C@]5(C)CC[C@@H](O)C(C)(C)[C@H]5CC[C@@]43C)[C@H]2[C@@]1(C)O. The molecular formula is C36H58O9. The summed E-state index contributed by atoms with van der Waals surface area (Å²) < 4.78 is 11.5. The maximum atomic E-state index is 14.4. The van der Waals surface area contributed by atoms with E-state index in [1.165, 1.54) is 0 Å². The number of ether oxygens (including phenoxy) is 2. The predicted octanol–water partition coefficient (Wildman–Crippen LogP) is 3.46. The number of esters is 1. The molecule has 0 aromatic rings. The van der Waals surface area contributed by atoms with Crippen LogP contribution in [-0.2, 0) is 14.3 Å². The minimum atomic E-state index is -1.68. The summed E-state index contributed by atoms with van der Waals surface area (Å²) in [5, 5.41) is 64.4. The van der Waals surface area contributed by atoms with Crippen molar-refractivity contribution in [3.8, 4) is 0 Å². The molecule has 0 unspecified atom stereocenters. The van der Waals surface area contributed by atoms with E-state index in [9.17, 15) is 35.4 Å². The highest BCUT2D eigenvalue weighted by Gasteiger charge is 2.71. The number of hydrogen-bond acceptors (Lipinski definition) is 9. The lowest BCUT2D eigenvalue weighted by molar-refractivity contribution is -0.299. The van der Waals surface area contributed by atoms with E-state index in [1.807, 2.05) is 13.8 Å². The highest BCUT2D eigenvalue weighted by molar-refractivity contribution is 5.79. The Morgan fingerprint density at radius 3 is 2.24 bits per heavy atom. The highest BCUT2D eigenvalue weighted by Crippen LogP contribution is 2.76. The van der Waals surface area contributed by atoms with E-state index in [0.29, 0.717) is 31.1 Å². The molecule has 0 aromatic heterocycles. The van der Waals surface area contributed by atoms with Gasteiger partial charge in [0.2, 0.25) is 6.29 Å². The lowest BCUT2D eigenvalue weighted by Crippen LogP contribution is -2.68. The van der Waals surface area contributed by atoms with E-state index in [1.54, 1.807) is 0 Å². The minimum Gasteiger partial charge on any atom is -0.432 e. The zero-order valence-electron chi connectivity index (χ0n) is 28.3. The molecule has 0 aromatic carbocycles.